The van der Waals surface area contributed by atoms with E-state index in [1.165, 1.54) is 18.2 Å². The fourth-order valence-electron chi connectivity index (χ4n) is 3.44. The first kappa shape index (κ1) is 22.5. The number of para-hydroxylation sites is 2. The molecule has 0 aliphatic heterocycles. The van der Waals surface area contributed by atoms with Gasteiger partial charge in [-0.2, -0.15) is 4.98 Å². The minimum absolute atomic E-state index is 0.0359. The Morgan fingerprint density at radius 1 is 0.972 bits per heavy atom. The SMILES string of the molecule is O=C(Nc1ccccc1-c1nc(COc2ccccc2)no1)c1ccc(-c2cccc([N+](=O)[O-])c2)o1. The number of hydrogen-bond acceptors (Lipinski definition) is 8. The van der Waals surface area contributed by atoms with Crippen LogP contribution in [0.5, 0.6) is 5.75 Å². The third kappa shape index (κ3) is 4.97. The number of benzene rings is 3. The van der Waals surface area contributed by atoms with E-state index in [-0.39, 0.29) is 23.9 Å². The van der Waals surface area contributed by atoms with Gasteiger partial charge in [0.05, 0.1) is 16.2 Å². The van der Waals surface area contributed by atoms with E-state index < -0.39 is 10.8 Å². The highest BCUT2D eigenvalue weighted by molar-refractivity contribution is 6.04. The molecule has 1 N–H and O–H groups in total. The molecule has 36 heavy (non-hydrogen) atoms. The first-order valence-corrected chi connectivity index (χ1v) is 10.8. The Morgan fingerprint density at radius 2 is 1.78 bits per heavy atom. The van der Waals surface area contributed by atoms with Crippen LogP contribution in [0.1, 0.15) is 16.4 Å². The zero-order chi connectivity index (χ0) is 24.9. The second-order valence-corrected chi connectivity index (χ2v) is 7.59. The van der Waals surface area contributed by atoms with E-state index in [4.69, 9.17) is 13.7 Å². The average molecular weight is 482 g/mol. The van der Waals surface area contributed by atoms with Gasteiger partial charge in [-0.15, -0.1) is 0 Å². The number of nitrogens with zero attached hydrogens (tertiary/aromatic N) is 3. The number of amides is 1. The molecule has 0 spiro atoms. The lowest BCUT2D eigenvalue weighted by Crippen LogP contribution is -2.11. The molecule has 1 amide bonds. The minimum Gasteiger partial charge on any atom is -0.485 e. The maximum absolute atomic E-state index is 12.9. The van der Waals surface area contributed by atoms with Gasteiger partial charge < -0.3 is 19.0 Å². The van der Waals surface area contributed by atoms with Crippen molar-refractivity contribution in [1.82, 2.24) is 10.1 Å². The van der Waals surface area contributed by atoms with E-state index in [9.17, 15) is 14.9 Å². The van der Waals surface area contributed by atoms with Gasteiger partial charge in [0.1, 0.15) is 11.5 Å². The van der Waals surface area contributed by atoms with Crippen molar-refractivity contribution in [2.24, 2.45) is 0 Å². The van der Waals surface area contributed by atoms with Gasteiger partial charge in [0.2, 0.25) is 5.82 Å². The Bertz CT molecular complexity index is 1530. The lowest BCUT2D eigenvalue weighted by Gasteiger charge is -2.07. The van der Waals surface area contributed by atoms with Crippen LogP contribution in [-0.4, -0.2) is 21.0 Å². The Kier molecular flexibility index (Phi) is 6.22. The Morgan fingerprint density at radius 3 is 2.61 bits per heavy atom. The summed E-state index contributed by atoms with van der Waals surface area (Å²) in [4.78, 5) is 27.8. The zero-order valence-corrected chi connectivity index (χ0v) is 18.7. The van der Waals surface area contributed by atoms with E-state index in [1.54, 1.807) is 42.5 Å². The lowest BCUT2D eigenvalue weighted by molar-refractivity contribution is -0.384. The van der Waals surface area contributed by atoms with Gasteiger partial charge in [-0.05, 0) is 36.4 Å². The minimum atomic E-state index is -0.508. The molecule has 0 atom stereocenters. The topological polar surface area (TPSA) is 134 Å². The number of anilines is 1. The molecular formula is C26H18N4O6. The summed E-state index contributed by atoms with van der Waals surface area (Å²) < 4.78 is 16.7. The molecule has 0 fully saturated rings. The summed E-state index contributed by atoms with van der Waals surface area (Å²) in [6.45, 7) is 0.120. The van der Waals surface area contributed by atoms with Crippen molar-refractivity contribution in [1.29, 1.82) is 0 Å². The maximum Gasteiger partial charge on any atom is 0.291 e. The summed E-state index contributed by atoms with van der Waals surface area (Å²) in [6, 6.07) is 25.3. The number of carbonyl (C=O) groups excluding carboxylic acids is 1. The van der Waals surface area contributed by atoms with Crippen LogP contribution in [0.25, 0.3) is 22.8 Å². The zero-order valence-electron chi connectivity index (χ0n) is 18.7. The average Bonchev–Trinajstić information content (AvgIpc) is 3.59. The fraction of sp³-hybridized carbons (Fsp3) is 0.0385. The van der Waals surface area contributed by atoms with E-state index in [1.807, 2.05) is 30.3 Å². The van der Waals surface area contributed by atoms with Gasteiger partial charge in [0.25, 0.3) is 17.5 Å². The highest BCUT2D eigenvalue weighted by Gasteiger charge is 2.18. The van der Waals surface area contributed by atoms with Gasteiger partial charge in [-0.1, -0.05) is 47.6 Å². The molecule has 3 aromatic carbocycles. The molecule has 0 saturated carbocycles. The molecule has 0 saturated heterocycles. The second-order valence-electron chi connectivity index (χ2n) is 7.59. The quantitative estimate of drug-likeness (QED) is 0.219. The summed E-state index contributed by atoms with van der Waals surface area (Å²) in [5.41, 5.74) is 1.38. The number of non-ortho nitro benzene ring substituents is 1. The smallest absolute Gasteiger partial charge is 0.291 e. The van der Waals surface area contributed by atoms with E-state index >= 15 is 0 Å². The van der Waals surface area contributed by atoms with Crippen LogP contribution < -0.4 is 10.1 Å². The van der Waals surface area contributed by atoms with Crippen molar-refractivity contribution in [3.05, 3.63) is 113 Å². The number of carbonyl (C=O) groups is 1. The number of aromatic nitrogens is 2. The van der Waals surface area contributed by atoms with E-state index in [2.05, 4.69) is 15.5 Å². The predicted octanol–water partition coefficient (Wildman–Crippen LogP) is 5.74. The Balaban J connectivity index is 1.31. The van der Waals surface area contributed by atoms with Crippen LogP contribution in [0.2, 0.25) is 0 Å². The van der Waals surface area contributed by atoms with Crippen molar-refractivity contribution >= 4 is 17.3 Å². The Hall–Kier alpha value is -5.25. The molecule has 5 rings (SSSR count). The number of rotatable bonds is 8. The molecule has 5 aromatic rings. The lowest BCUT2D eigenvalue weighted by atomic mass is 10.1. The van der Waals surface area contributed by atoms with Crippen molar-refractivity contribution in [3.63, 3.8) is 0 Å². The standard InChI is InChI=1S/C26H18N4O6/c31-25(23-14-13-22(35-23)17-7-6-8-18(15-17)30(32)33)27-21-12-5-4-11-20(21)26-28-24(29-36-26)16-34-19-9-2-1-3-10-19/h1-15H,16H2,(H,27,31). The van der Waals surface area contributed by atoms with E-state index in [0.717, 1.165) is 0 Å². The second kappa shape index (κ2) is 9.94. The van der Waals surface area contributed by atoms with Crippen LogP contribution in [0, 0.1) is 10.1 Å². The van der Waals surface area contributed by atoms with Crippen LogP contribution >= 0.6 is 0 Å². The summed E-state index contributed by atoms with van der Waals surface area (Å²) in [7, 11) is 0. The first-order chi connectivity index (χ1) is 17.6. The van der Waals surface area contributed by atoms with Gasteiger partial charge in [0.15, 0.2) is 12.4 Å². The molecule has 0 radical (unpaired) electrons. The van der Waals surface area contributed by atoms with Crippen molar-refractivity contribution in [2.75, 3.05) is 5.32 Å². The predicted molar refractivity (Wildman–Crippen MR) is 129 cm³/mol. The summed E-state index contributed by atoms with van der Waals surface area (Å²) in [5, 5.41) is 17.8. The molecule has 0 bridgehead atoms. The highest BCUT2D eigenvalue weighted by Crippen LogP contribution is 2.29. The number of nitrogens with one attached hydrogen (secondary N) is 1. The van der Waals surface area contributed by atoms with Gasteiger partial charge in [-0.3, -0.25) is 14.9 Å². The third-order valence-corrected chi connectivity index (χ3v) is 5.16. The molecule has 10 heteroatoms. The molecular weight excluding hydrogens is 464 g/mol. The molecule has 10 nitrogen and oxygen atoms in total. The summed E-state index contributed by atoms with van der Waals surface area (Å²) in [5.74, 6) is 1.11. The van der Waals surface area contributed by atoms with Crippen molar-refractivity contribution < 1.29 is 23.4 Å². The molecule has 0 aliphatic rings. The number of ether oxygens (including phenoxy) is 1. The summed E-state index contributed by atoms with van der Waals surface area (Å²) in [6.07, 6.45) is 0. The normalized spacial score (nSPS) is 10.7. The molecule has 178 valence electrons. The molecule has 2 heterocycles. The van der Waals surface area contributed by atoms with Gasteiger partial charge in [0, 0.05) is 17.7 Å². The van der Waals surface area contributed by atoms with E-state index in [0.29, 0.717) is 34.1 Å². The molecule has 2 aromatic heterocycles. The van der Waals surface area contributed by atoms with Crippen LogP contribution in [0.3, 0.4) is 0 Å². The summed E-state index contributed by atoms with van der Waals surface area (Å²) >= 11 is 0. The van der Waals surface area contributed by atoms with Crippen molar-refractivity contribution in [3.8, 4) is 28.5 Å². The maximum atomic E-state index is 12.9. The fourth-order valence-corrected chi connectivity index (χ4v) is 3.44. The van der Waals surface area contributed by atoms with Gasteiger partial charge >= 0.3 is 0 Å². The number of nitro benzene ring substituents is 1. The monoisotopic (exact) mass is 482 g/mol. The number of nitro groups is 1. The largest absolute Gasteiger partial charge is 0.485 e. The van der Waals surface area contributed by atoms with Gasteiger partial charge in [-0.25, -0.2) is 0 Å². The number of furan rings is 1. The molecule has 0 unspecified atom stereocenters. The van der Waals surface area contributed by atoms with Crippen LogP contribution in [-0.2, 0) is 6.61 Å². The van der Waals surface area contributed by atoms with Crippen LogP contribution in [0.4, 0.5) is 11.4 Å². The Labute approximate surface area is 204 Å². The van der Waals surface area contributed by atoms with Crippen LogP contribution in [0.15, 0.2) is 99.9 Å². The third-order valence-electron chi connectivity index (χ3n) is 5.16. The molecule has 0 aliphatic carbocycles. The first-order valence-electron chi connectivity index (χ1n) is 10.8. The number of hydrogen-bond donors (Lipinski definition) is 1. The highest BCUT2D eigenvalue weighted by atomic mass is 16.6. The van der Waals surface area contributed by atoms with Crippen molar-refractivity contribution in [2.45, 2.75) is 6.61 Å².